The van der Waals surface area contributed by atoms with Gasteiger partial charge in [0.15, 0.2) is 0 Å². The lowest BCUT2D eigenvalue weighted by Crippen LogP contribution is -2.48. The fraction of sp³-hybridized carbons (Fsp3) is 0.886. The molecular weight excluding hydrogens is 452 g/mol. The van der Waals surface area contributed by atoms with Crippen LogP contribution in [0.2, 0.25) is 0 Å². The van der Waals surface area contributed by atoms with Gasteiger partial charge in [0.1, 0.15) is 0 Å². The summed E-state index contributed by atoms with van der Waals surface area (Å²) >= 11 is 0. The predicted octanol–water partition coefficient (Wildman–Crippen LogP) is 9.50. The van der Waals surface area contributed by atoms with Crippen LogP contribution in [0, 0.1) is 45.8 Å². The molecule has 0 saturated heterocycles. The molecule has 2 N–H and O–H groups in total. The monoisotopic (exact) mass is 514 g/mol. The van der Waals surface area contributed by atoms with Crippen molar-refractivity contribution in [3.8, 4) is 0 Å². The summed E-state index contributed by atoms with van der Waals surface area (Å²) in [5, 5.41) is 20.9. The van der Waals surface area contributed by atoms with Gasteiger partial charge in [0.25, 0.3) is 0 Å². The number of hydrogen-bond acceptors (Lipinski definition) is 2. The van der Waals surface area contributed by atoms with Crippen LogP contribution in [0.25, 0.3) is 0 Å². The molecule has 3 fully saturated rings. The first-order valence-corrected chi connectivity index (χ1v) is 16.0. The van der Waals surface area contributed by atoms with E-state index >= 15 is 0 Å². The minimum Gasteiger partial charge on any atom is -0.393 e. The first-order chi connectivity index (χ1) is 17.3. The Hall–Kier alpha value is -0.600. The molecule has 2 nitrogen and oxygen atoms in total. The van der Waals surface area contributed by atoms with E-state index in [9.17, 15) is 10.2 Å². The average molecular weight is 515 g/mol. The molecule has 2 heteroatoms. The van der Waals surface area contributed by atoms with E-state index in [4.69, 9.17) is 0 Å². The van der Waals surface area contributed by atoms with Crippen LogP contribution in [0.3, 0.4) is 0 Å². The minimum absolute atomic E-state index is 0.203. The van der Waals surface area contributed by atoms with Crippen LogP contribution in [0.15, 0.2) is 23.3 Å². The van der Waals surface area contributed by atoms with Crippen LogP contribution in [-0.4, -0.2) is 22.4 Å². The molecule has 0 aliphatic heterocycles. The summed E-state index contributed by atoms with van der Waals surface area (Å²) in [7, 11) is 0. The van der Waals surface area contributed by atoms with Crippen LogP contribution in [-0.2, 0) is 0 Å². The van der Waals surface area contributed by atoms with E-state index in [0.29, 0.717) is 28.6 Å². The predicted molar refractivity (Wildman–Crippen MR) is 159 cm³/mol. The number of rotatable bonds is 9. The van der Waals surface area contributed by atoms with Crippen LogP contribution in [0.5, 0.6) is 0 Å². The second kappa shape index (κ2) is 12.3. The lowest BCUT2D eigenvalue weighted by molar-refractivity contribution is -0.0482. The highest BCUT2D eigenvalue weighted by Crippen LogP contribution is 2.61. The molecule has 214 valence electrons. The van der Waals surface area contributed by atoms with E-state index in [2.05, 4.69) is 74.5 Å². The number of fused-ring (bicyclic) bond motifs is 1. The minimum atomic E-state index is -0.401. The fourth-order valence-corrected chi connectivity index (χ4v) is 9.55. The number of allylic oxidation sites excluding steroid dienone is 3. The van der Waals surface area contributed by atoms with Gasteiger partial charge < -0.3 is 10.2 Å². The van der Waals surface area contributed by atoms with E-state index in [-0.39, 0.29) is 5.92 Å². The molecule has 4 unspecified atom stereocenters. The third-order valence-electron chi connectivity index (χ3n) is 11.9. The molecule has 0 amide bonds. The maximum Gasteiger partial charge on any atom is 0.0630 e. The maximum atomic E-state index is 10.6. The van der Waals surface area contributed by atoms with Gasteiger partial charge in [-0.2, -0.15) is 0 Å². The van der Waals surface area contributed by atoms with Crippen molar-refractivity contribution in [3.63, 3.8) is 0 Å². The van der Waals surface area contributed by atoms with E-state index in [1.54, 1.807) is 5.57 Å². The Bertz CT molecular complexity index is 806. The lowest BCUT2D eigenvalue weighted by atomic mass is 9.48. The summed E-state index contributed by atoms with van der Waals surface area (Å²) in [6, 6.07) is 0. The fourth-order valence-electron chi connectivity index (χ4n) is 9.55. The van der Waals surface area contributed by atoms with Crippen molar-refractivity contribution in [1.82, 2.24) is 0 Å². The Kier molecular flexibility index (Phi) is 10.3. The lowest BCUT2D eigenvalue weighted by Gasteiger charge is -2.57. The third kappa shape index (κ3) is 6.77. The van der Waals surface area contributed by atoms with Gasteiger partial charge in [-0.25, -0.2) is 0 Å². The summed E-state index contributed by atoms with van der Waals surface area (Å²) < 4.78 is 0. The van der Waals surface area contributed by atoms with E-state index in [1.807, 2.05) is 0 Å². The van der Waals surface area contributed by atoms with Gasteiger partial charge in [-0.05, 0) is 97.7 Å². The van der Waals surface area contributed by atoms with Gasteiger partial charge >= 0.3 is 0 Å². The van der Waals surface area contributed by atoms with Gasteiger partial charge in [-0.1, -0.05) is 98.5 Å². The zero-order valence-corrected chi connectivity index (χ0v) is 26.1. The van der Waals surface area contributed by atoms with Gasteiger partial charge in [0, 0.05) is 12.3 Å². The summed E-state index contributed by atoms with van der Waals surface area (Å²) in [5.41, 5.74) is 4.09. The number of aliphatic hydroxyl groups excluding tert-OH is 2. The van der Waals surface area contributed by atoms with Gasteiger partial charge in [0.2, 0.25) is 0 Å². The standard InChI is InChI=1S/C35H62O2/c1-10-29-27(20-28(36)21-31(29)37)18-17-26-14-13-19-35(9)30(26)15-12-16-32(35)33(6,7)22-25(5)23-34(8,11-2)24(3)4/h17-18,24-25,28-32,36-37H,10-16,19-23H2,1-9H3/b26-17+,27-18-/t25?,28-,29?,30-,31-,32?,34?,35-/m0/s1. The molecule has 37 heavy (non-hydrogen) atoms. The van der Waals surface area contributed by atoms with Crippen LogP contribution >= 0.6 is 0 Å². The Morgan fingerprint density at radius 2 is 1.65 bits per heavy atom. The molecule has 8 atom stereocenters. The normalized spacial score (nSPS) is 38.0. The van der Waals surface area contributed by atoms with E-state index in [1.165, 1.54) is 63.4 Å². The average Bonchev–Trinajstić information content (AvgIpc) is 2.80. The highest BCUT2D eigenvalue weighted by Gasteiger charge is 2.52. The van der Waals surface area contributed by atoms with Crippen molar-refractivity contribution in [2.75, 3.05) is 0 Å². The summed E-state index contributed by atoms with van der Waals surface area (Å²) in [5.74, 6) is 3.14. The molecule has 0 aromatic heterocycles. The second-order valence-electron chi connectivity index (χ2n) is 15.2. The summed E-state index contributed by atoms with van der Waals surface area (Å²) in [6.45, 7) is 22.2. The summed E-state index contributed by atoms with van der Waals surface area (Å²) in [6.07, 6.45) is 18.1. The van der Waals surface area contributed by atoms with Crippen molar-refractivity contribution in [2.45, 2.75) is 152 Å². The van der Waals surface area contributed by atoms with Crippen molar-refractivity contribution in [2.24, 2.45) is 45.8 Å². The molecular formula is C35H62O2. The van der Waals surface area contributed by atoms with E-state index < -0.39 is 12.2 Å². The first kappa shape index (κ1) is 30.9. The molecule has 3 saturated carbocycles. The van der Waals surface area contributed by atoms with Crippen LogP contribution in [0.4, 0.5) is 0 Å². The first-order valence-electron chi connectivity index (χ1n) is 16.0. The number of aliphatic hydroxyl groups is 2. The van der Waals surface area contributed by atoms with Gasteiger partial charge in [0.05, 0.1) is 12.2 Å². The van der Waals surface area contributed by atoms with Crippen molar-refractivity contribution >= 4 is 0 Å². The molecule has 0 radical (unpaired) electrons. The SMILES string of the molecule is CCC1/C(=C\C=C2/CCC[C@]3(C)C(C(C)(C)CC(C)CC(C)(CC)C(C)C)CCC[C@@H]23)C[C@H](O)C[C@@H]1O. The van der Waals surface area contributed by atoms with Gasteiger partial charge in [-0.3, -0.25) is 0 Å². The second-order valence-corrected chi connectivity index (χ2v) is 15.2. The van der Waals surface area contributed by atoms with Crippen molar-refractivity contribution in [1.29, 1.82) is 0 Å². The zero-order valence-electron chi connectivity index (χ0n) is 26.1. The van der Waals surface area contributed by atoms with Crippen LogP contribution in [0.1, 0.15) is 139 Å². The Morgan fingerprint density at radius 1 is 0.973 bits per heavy atom. The molecule has 0 bridgehead atoms. The molecule has 0 aromatic carbocycles. The van der Waals surface area contributed by atoms with E-state index in [0.717, 1.165) is 30.6 Å². The molecule has 0 spiro atoms. The molecule has 3 rings (SSSR count). The Labute approximate surface area is 230 Å². The van der Waals surface area contributed by atoms with Crippen LogP contribution < -0.4 is 0 Å². The smallest absolute Gasteiger partial charge is 0.0630 e. The molecule has 3 aliphatic carbocycles. The molecule has 0 heterocycles. The highest BCUT2D eigenvalue weighted by atomic mass is 16.3. The van der Waals surface area contributed by atoms with Crippen molar-refractivity contribution < 1.29 is 10.2 Å². The topological polar surface area (TPSA) is 40.5 Å². The maximum absolute atomic E-state index is 10.6. The Balaban J connectivity index is 1.81. The number of hydrogen-bond donors (Lipinski definition) is 2. The third-order valence-corrected chi connectivity index (χ3v) is 11.9. The van der Waals surface area contributed by atoms with Crippen molar-refractivity contribution in [3.05, 3.63) is 23.3 Å². The zero-order chi connectivity index (χ0) is 27.6. The summed E-state index contributed by atoms with van der Waals surface area (Å²) in [4.78, 5) is 0. The molecule has 3 aliphatic rings. The largest absolute Gasteiger partial charge is 0.393 e. The Morgan fingerprint density at radius 3 is 2.27 bits per heavy atom. The highest BCUT2D eigenvalue weighted by molar-refractivity contribution is 5.27. The molecule has 0 aromatic rings. The quantitative estimate of drug-likeness (QED) is 0.321. The van der Waals surface area contributed by atoms with Gasteiger partial charge in [-0.15, -0.1) is 0 Å².